The summed E-state index contributed by atoms with van der Waals surface area (Å²) in [5.41, 5.74) is 0.755. The molecular weight excluding hydrogens is 476 g/mol. The van der Waals surface area contributed by atoms with Gasteiger partial charge in [-0.2, -0.15) is 5.10 Å². The molecule has 0 saturated carbocycles. The average Bonchev–Trinajstić information content (AvgIpc) is 3.23. The number of hydrogen-bond acceptors (Lipinski definition) is 6. The number of anilines is 2. The fraction of sp³-hybridized carbons (Fsp3) is 0.174. The molecule has 5 rings (SSSR count). The highest BCUT2D eigenvalue weighted by atomic mass is 35.5. The molecule has 4 aromatic rings. The topological polar surface area (TPSA) is 113 Å². The maximum absolute atomic E-state index is 13.3. The Morgan fingerprint density at radius 2 is 1.94 bits per heavy atom. The first-order chi connectivity index (χ1) is 16.3. The van der Waals surface area contributed by atoms with Crippen molar-refractivity contribution in [3.8, 4) is 5.69 Å². The lowest BCUT2D eigenvalue weighted by Gasteiger charge is -2.42. The summed E-state index contributed by atoms with van der Waals surface area (Å²) in [7, 11) is 0. The van der Waals surface area contributed by atoms with Gasteiger partial charge in [0.2, 0.25) is 11.8 Å². The number of carbonyl (C=O) groups is 2. The molecule has 3 heterocycles. The van der Waals surface area contributed by atoms with Gasteiger partial charge in [-0.3, -0.25) is 19.3 Å². The quantitative estimate of drug-likeness (QED) is 0.331. The van der Waals surface area contributed by atoms with Crippen molar-refractivity contribution in [1.29, 1.82) is 0 Å². The second kappa shape index (κ2) is 8.30. The normalized spacial score (nSPS) is 14.7. The van der Waals surface area contributed by atoms with Crippen LogP contribution in [0, 0.1) is 0 Å². The fourth-order valence-corrected chi connectivity index (χ4v) is 4.75. The number of rotatable bonds is 4. The second-order valence-corrected chi connectivity index (χ2v) is 9.59. The standard InChI is InChI=1S/C23H19ClN6O3S/c1-23(2)21(33)26-16-8-3-4-9-17(16)29(23)18(31)12-34-22-27-19-15(20(32)28-22)11-25-30(19)14-7-5-6-13(24)10-14/h3-11H,12H2,1-2H3,(H,26,33)(H,27,28,32). The van der Waals surface area contributed by atoms with Crippen LogP contribution in [0.5, 0.6) is 0 Å². The molecule has 0 saturated heterocycles. The molecule has 2 amide bonds. The number of aromatic amines is 1. The summed E-state index contributed by atoms with van der Waals surface area (Å²) in [6, 6.07) is 14.2. The molecule has 2 aromatic heterocycles. The number of benzene rings is 2. The first-order valence-corrected chi connectivity index (χ1v) is 11.7. The second-order valence-electron chi connectivity index (χ2n) is 8.19. The number of amides is 2. The van der Waals surface area contributed by atoms with Crippen molar-refractivity contribution < 1.29 is 9.59 Å². The lowest BCUT2D eigenvalue weighted by molar-refractivity contribution is -0.125. The van der Waals surface area contributed by atoms with Crippen molar-refractivity contribution in [2.24, 2.45) is 0 Å². The Kier molecular flexibility index (Phi) is 5.41. The Labute approximate surface area is 203 Å². The van der Waals surface area contributed by atoms with E-state index in [1.54, 1.807) is 56.3 Å². The summed E-state index contributed by atoms with van der Waals surface area (Å²) in [6.45, 7) is 3.38. The molecular formula is C23H19ClN6O3S. The largest absolute Gasteiger partial charge is 0.322 e. The number of H-pyrrole nitrogens is 1. The molecule has 1 aliphatic heterocycles. The van der Waals surface area contributed by atoms with Gasteiger partial charge >= 0.3 is 0 Å². The van der Waals surface area contributed by atoms with Crippen molar-refractivity contribution in [2.75, 3.05) is 16.0 Å². The predicted molar refractivity (Wildman–Crippen MR) is 132 cm³/mol. The number of fused-ring (bicyclic) bond motifs is 2. The number of nitrogens with zero attached hydrogens (tertiary/aromatic N) is 4. The Hall–Kier alpha value is -3.63. The maximum atomic E-state index is 13.3. The molecule has 0 fully saturated rings. The van der Waals surface area contributed by atoms with Crippen molar-refractivity contribution >= 4 is 57.6 Å². The Morgan fingerprint density at radius 1 is 1.15 bits per heavy atom. The molecule has 1 aliphatic rings. The predicted octanol–water partition coefficient (Wildman–Crippen LogP) is 3.62. The lowest BCUT2D eigenvalue weighted by atomic mass is 9.96. The Bertz CT molecular complexity index is 1510. The number of nitrogens with one attached hydrogen (secondary N) is 2. The highest BCUT2D eigenvalue weighted by Gasteiger charge is 2.43. The summed E-state index contributed by atoms with van der Waals surface area (Å²) >= 11 is 7.18. The number of hydrogen-bond donors (Lipinski definition) is 2. The first kappa shape index (κ1) is 22.2. The van der Waals surface area contributed by atoms with E-state index < -0.39 is 5.54 Å². The van der Waals surface area contributed by atoms with Gasteiger partial charge in [-0.15, -0.1) is 0 Å². The average molecular weight is 495 g/mol. The van der Waals surface area contributed by atoms with Crippen LogP contribution in [0.25, 0.3) is 16.7 Å². The fourth-order valence-electron chi connectivity index (χ4n) is 3.86. The molecule has 2 N–H and O–H groups in total. The molecule has 0 atom stereocenters. The molecule has 0 radical (unpaired) electrons. The highest BCUT2D eigenvalue weighted by Crippen LogP contribution is 2.37. The first-order valence-electron chi connectivity index (χ1n) is 10.4. The van der Waals surface area contributed by atoms with Crippen LogP contribution < -0.4 is 15.8 Å². The SMILES string of the molecule is CC1(C)C(=O)Nc2ccccc2N1C(=O)CSc1nc2c(cnn2-c2cccc(Cl)c2)c(=O)[nH]1. The third-order valence-electron chi connectivity index (χ3n) is 5.56. The van der Waals surface area contributed by atoms with Crippen LogP contribution >= 0.6 is 23.4 Å². The summed E-state index contributed by atoms with van der Waals surface area (Å²) in [6.07, 6.45) is 1.44. The van der Waals surface area contributed by atoms with Crippen molar-refractivity contribution in [3.63, 3.8) is 0 Å². The van der Waals surface area contributed by atoms with Crippen LogP contribution in [0.4, 0.5) is 11.4 Å². The summed E-state index contributed by atoms with van der Waals surface area (Å²) < 4.78 is 1.52. The zero-order valence-electron chi connectivity index (χ0n) is 18.2. The summed E-state index contributed by atoms with van der Waals surface area (Å²) in [5, 5.41) is 8.23. The zero-order valence-corrected chi connectivity index (χ0v) is 19.8. The number of aromatic nitrogens is 4. The van der Waals surface area contributed by atoms with Crippen molar-refractivity contribution in [1.82, 2.24) is 19.7 Å². The third-order valence-corrected chi connectivity index (χ3v) is 6.65. The molecule has 0 spiro atoms. The molecule has 34 heavy (non-hydrogen) atoms. The maximum Gasteiger partial charge on any atom is 0.262 e. The number of halogens is 1. The van der Waals surface area contributed by atoms with Crippen LogP contribution in [0.3, 0.4) is 0 Å². The molecule has 9 nitrogen and oxygen atoms in total. The minimum Gasteiger partial charge on any atom is -0.322 e. The molecule has 0 aliphatic carbocycles. The van der Waals surface area contributed by atoms with Crippen LogP contribution in [0.2, 0.25) is 5.02 Å². The van der Waals surface area contributed by atoms with Crippen LogP contribution in [-0.4, -0.2) is 42.9 Å². The Balaban J connectivity index is 1.45. The van der Waals surface area contributed by atoms with Gasteiger partial charge in [0.05, 0.1) is 29.0 Å². The van der Waals surface area contributed by atoms with Gasteiger partial charge in [0, 0.05) is 5.02 Å². The minimum atomic E-state index is -1.08. The van der Waals surface area contributed by atoms with Gasteiger partial charge in [-0.05, 0) is 44.2 Å². The van der Waals surface area contributed by atoms with E-state index in [0.717, 1.165) is 11.8 Å². The monoisotopic (exact) mass is 494 g/mol. The van der Waals surface area contributed by atoms with Crippen LogP contribution in [0.15, 0.2) is 64.7 Å². The van der Waals surface area contributed by atoms with E-state index in [-0.39, 0.29) is 28.3 Å². The van der Waals surface area contributed by atoms with E-state index in [2.05, 4.69) is 20.4 Å². The van der Waals surface area contributed by atoms with E-state index in [1.807, 2.05) is 6.07 Å². The van der Waals surface area contributed by atoms with Crippen LogP contribution in [-0.2, 0) is 9.59 Å². The number of thioether (sulfide) groups is 1. The van der Waals surface area contributed by atoms with E-state index in [0.29, 0.717) is 33.1 Å². The molecule has 0 unspecified atom stereocenters. The molecule has 11 heteroatoms. The van der Waals surface area contributed by atoms with Gasteiger partial charge in [0.15, 0.2) is 10.8 Å². The number of carbonyl (C=O) groups excluding carboxylic acids is 2. The summed E-state index contributed by atoms with van der Waals surface area (Å²) in [4.78, 5) is 47.3. The van der Waals surface area contributed by atoms with Gasteiger partial charge in [-0.1, -0.05) is 41.6 Å². The minimum absolute atomic E-state index is 0.0369. The van der Waals surface area contributed by atoms with Crippen molar-refractivity contribution in [3.05, 3.63) is 70.1 Å². The molecule has 0 bridgehead atoms. The lowest BCUT2D eigenvalue weighted by Crippen LogP contribution is -2.59. The highest BCUT2D eigenvalue weighted by molar-refractivity contribution is 7.99. The van der Waals surface area contributed by atoms with Crippen molar-refractivity contribution in [2.45, 2.75) is 24.5 Å². The third kappa shape index (κ3) is 3.74. The summed E-state index contributed by atoms with van der Waals surface area (Å²) in [5.74, 6) is -0.601. The molecule has 172 valence electrons. The van der Waals surface area contributed by atoms with E-state index in [4.69, 9.17) is 11.6 Å². The van der Waals surface area contributed by atoms with Gasteiger partial charge in [-0.25, -0.2) is 9.67 Å². The van der Waals surface area contributed by atoms with Gasteiger partial charge in [0.25, 0.3) is 5.56 Å². The Morgan fingerprint density at radius 3 is 2.74 bits per heavy atom. The smallest absolute Gasteiger partial charge is 0.262 e. The van der Waals surface area contributed by atoms with E-state index in [1.165, 1.54) is 15.8 Å². The van der Waals surface area contributed by atoms with Crippen LogP contribution in [0.1, 0.15) is 13.8 Å². The molecule has 2 aromatic carbocycles. The van der Waals surface area contributed by atoms with E-state index in [9.17, 15) is 14.4 Å². The van der Waals surface area contributed by atoms with E-state index >= 15 is 0 Å². The van der Waals surface area contributed by atoms with Gasteiger partial charge in [0.1, 0.15) is 10.9 Å². The number of para-hydroxylation sites is 2. The van der Waals surface area contributed by atoms with Gasteiger partial charge < -0.3 is 10.3 Å². The zero-order chi connectivity index (χ0) is 24.0.